The van der Waals surface area contributed by atoms with Crippen molar-refractivity contribution in [3.8, 4) is 11.5 Å². The minimum absolute atomic E-state index is 0.287. The van der Waals surface area contributed by atoms with Crippen molar-refractivity contribution in [2.75, 3.05) is 14.2 Å². The van der Waals surface area contributed by atoms with E-state index in [1.165, 1.54) is 14.7 Å². The first-order chi connectivity index (χ1) is 9.63. The maximum atomic E-state index is 5.34. The summed E-state index contributed by atoms with van der Waals surface area (Å²) in [4.78, 5) is 0.287. The molecule has 2 aromatic rings. The molecule has 2 nitrogen and oxygen atoms in total. The van der Waals surface area contributed by atoms with E-state index >= 15 is 0 Å². The van der Waals surface area contributed by atoms with Crippen molar-refractivity contribution in [2.24, 2.45) is 0 Å². The van der Waals surface area contributed by atoms with Crippen LogP contribution < -0.4 is 9.47 Å². The molecule has 0 fully saturated rings. The van der Waals surface area contributed by atoms with Crippen molar-refractivity contribution in [2.45, 2.75) is 11.2 Å². The molecular weight excluding hydrogens is 431 g/mol. The van der Waals surface area contributed by atoms with Crippen LogP contribution in [-0.2, 0) is 6.42 Å². The Morgan fingerprint density at radius 3 is 2.45 bits per heavy atom. The predicted octanol–water partition coefficient (Wildman–Crippen LogP) is 4.99. The van der Waals surface area contributed by atoms with Gasteiger partial charge in [-0.05, 0) is 64.4 Å². The lowest BCUT2D eigenvalue weighted by Gasteiger charge is -2.13. The lowest BCUT2D eigenvalue weighted by Crippen LogP contribution is -1.97. The van der Waals surface area contributed by atoms with Gasteiger partial charge in [0.15, 0.2) is 11.5 Å². The number of hydrogen-bond donors (Lipinski definition) is 0. The fourth-order valence-electron chi connectivity index (χ4n) is 2.03. The summed E-state index contributed by atoms with van der Waals surface area (Å²) in [6, 6.07) is 14.6. The Labute approximate surface area is 141 Å². The van der Waals surface area contributed by atoms with Gasteiger partial charge in [0.2, 0.25) is 0 Å². The summed E-state index contributed by atoms with van der Waals surface area (Å²) in [5.74, 6) is 1.53. The van der Waals surface area contributed by atoms with E-state index in [9.17, 15) is 0 Å². The monoisotopic (exact) mass is 446 g/mol. The summed E-state index contributed by atoms with van der Waals surface area (Å²) >= 11 is 6.10. The molecule has 0 amide bonds. The van der Waals surface area contributed by atoms with Crippen LogP contribution in [0.25, 0.3) is 0 Å². The van der Waals surface area contributed by atoms with E-state index in [2.05, 4.69) is 68.9 Å². The Bertz CT molecular complexity index is 586. The highest BCUT2D eigenvalue weighted by atomic mass is 127. The minimum atomic E-state index is 0.287. The van der Waals surface area contributed by atoms with Gasteiger partial charge < -0.3 is 9.47 Å². The first-order valence-corrected chi connectivity index (χ1v) is 8.24. The van der Waals surface area contributed by atoms with Gasteiger partial charge in [0.25, 0.3) is 0 Å². The molecule has 0 N–H and O–H groups in total. The van der Waals surface area contributed by atoms with Gasteiger partial charge in [-0.25, -0.2) is 0 Å². The Morgan fingerprint density at radius 1 is 1.05 bits per heavy atom. The lowest BCUT2D eigenvalue weighted by atomic mass is 10.0. The van der Waals surface area contributed by atoms with Crippen molar-refractivity contribution in [3.63, 3.8) is 0 Å². The predicted molar refractivity (Wildman–Crippen MR) is 94.1 cm³/mol. The fraction of sp³-hybridized carbons (Fsp3) is 0.250. The molecule has 0 bridgehead atoms. The van der Waals surface area contributed by atoms with Crippen molar-refractivity contribution < 1.29 is 9.47 Å². The highest BCUT2D eigenvalue weighted by Crippen LogP contribution is 2.32. The maximum Gasteiger partial charge on any atom is 0.160 e. The Hall–Kier alpha value is -0.750. The second-order valence-corrected chi connectivity index (χ2v) is 6.77. The molecule has 0 saturated heterocycles. The van der Waals surface area contributed by atoms with Gasteiger partial charge in [0.1, 0.15) is 0 Å². The molecule has 2 aromatic carbocycles. The molecule has 0 radical (unpaired) electrons. The number of ether oxygens (including phenoxy) is 2. The zero-order valence-electron chi connectivity index (χ0n) is 11.4. The van der Waals surface area contributed by atoms with Crippen LogP contribution in [0.3, 0.4) is 0 Å². The normalized spacial score (nSPS) is 12.0. The highest BCUT2D eigenvalue weighted by molar-refractivity contribution is 14.1. The van der Waals surface area contributed by atoms with Gasteiger partial charge in [0.05, 0.1) is 14.2 Å². The lowest BCUT2D eigenvalue weighted by molar-refractivity contribution is 0.354. The summed E-state index contributed by atoms with van der Waals surface area (Å²) in [5, 5.41) is 0. The Morgan fingerprint density at radius 2 is 1.80 bits per heavy atom. The molecule has 2 rings (SSSR count). The van der Waals surface area contributed by atoms with Gasteiger partial charge in [-0.15, -0.1) is 0 Å². The quantitative estimate of drug-likeness (QED) is 0.476. The highest BCUT2D eigenvalue weighted by Gasteiger charge is 2.11. The Kier molecular flexibility index (Phi) is 5.72. The van der Waals surface area contributed by atoms with Gasteiger partial charge in [-0.1, -0.05) is 34.1 Å². The van der Waals surface area contributed by atoms with Gasteiger partial charge >= 0.3 is 0 Å². The van der Waals surface area contributed by atoms with E-state index in [0.29, 0.717) is 0 Å². The van der Waals surface area contributed by atoms with Crippen LogP contribution in [0.5, 0.6) is 11.5 Å². The van der Waals surface area contributed by atoms with E-state index in [-0.39, 0.29) is 4.83 Å². The summed E-state index contributed by atoms with van der Waals surface area (Å²) in [6.07, 6.45) is 0.903. The number of alkyl halides is 1. The molecule has 0 aliphatic carbocycles. The average molecular weight is 447 g/mol. The van der Waals surface area contributed by atoms with E-state index in [4.69, 9.17) is 9.47 Å². The molecule has 0 aromatic heterocycles. The van der Waals surface area contributed by atoms with E-state index < -0.39 is 0 Å². The zero-order valence-corrected chi connectivity index (χ0v) is 15.1. The maximum absolute atomic E-state index is 5.34. The SMILES string of the molecule is COc1ccc(CC(Br)c2cccc(I)c2)cc1OC. The summed E-state index contributed by atoms with van der Waals surface area (Å²) in [6.45, 7) is 0. The van der Waals surface area contributed by atoms with Crippen molar-refractivity contribution in [3.05, 3.63) is 57.2 Å². The van der Waals surface area contributed by atoms with Crippen LogP contribution in [0.15, 0.2) is 42.5 Å². The van der Waals surface area contributed by atoms with E-state index in [1.807, 2.05) is 12.1 Å². The first-order valence-electron chi connectivity index (χ1n) is 6.24. The number of methoxy groups -OCH3 is 2. The molecule has 20 heavy (non-hydrogen) atoms. The molecule has 0 heterocycles. The Balaban J connectivity index is 2.17. The molecule has 0 aliphatic rings. The second-order valence-electron chi connectivity index (χ2n) is 4.42. The number of rotatable bonds is 5. The number of benzene rings is 2. The van der Waals surface area contributed by atoms with Crippen LogP contribution in [-0.4, -0.2) is 14.2 Å². The van der Waals surface area contributed by atoms with Crippen molar-refractivity contribution in [1.29, 1.82) is 0 Å². The van der Waals surface area contributed by atoms with Crippen LogP contribution >= 0.6 is 38.5 Å². The molecule has 0 aliphatic heterocycles. The third-order valence-corrected chi connectivity index (χ3v) is 4.60. The molecule has 1 unspecified atom stereocenters. The standard InChI is InChI=1S/C16H16BrIO2/c1-19-15-7-6-11(9-16(15)20-2)8-14(17)12-4-3-5-13(18)10-12/h3-7,9-10,14H,8H2,1-2H3. The van der Waals surface area contributed by atoms with Crippen molar-refractivity contribution in [1.82, 2.24) is 0 Å². The van der Waals surface area contributed by atoms with Crippen molar-refractivity contribution >= 4 is 38.5 Å². The van der Waals surface area contributed by atoms with Crippen LogP contribution in [0, 0.1) is 3.57 Å². The molecule has 106 valence electrons. The fourth-order valence-corrected chi connectivity index (χ4v) is 3.26. The van der Waals surface area contributed by atoms with Gasteiger partial charge in [-0.3, -0.25) is 0 Å². The third-order valence-electron chi connectivity index (χ3n) is 3.07. The smallest absolute Gasteiger partial charge is 0.160 e. The molecular formula is C16H16BrIO2. The molecule has 1 atom stereocenters. The zero-order chi connectivity index (χ0) is 14.5. The minimum Gasteiger partial charge on any atom is -0.493 e. The van der Waals surface area contributed by atoms with Crippen LogP contribution in [0.4, 0.5) is 0 Å². The first kappa shape index (κ1) is 15.6. The van der Waals surface area contributed by atoms with Gasteiger partial charge in [0, 0.05) is 8.40 Å². The molecule has 0 saturated carbocycles. The number of hydrogen-bond acceptors (Lipinski definition) is 2. The summed E-state index contributed by atoms with van der Waals surface area (Å²) in [5.41, 5.74) is 2.50. The topological polar surface area (TPSA) is 18.5 Å². The largest absolute Gasteiger partial charge is 0.493 e. The third kappa shape index (κ3) is 3.88. The van der Waals surface area contributed by atoms with Gasteiger partial charge in [-0.2, -0.15) is 0 Å². The summed E-state index contributed by atoms with van der Waals surface area (Å²) < 4.78 is 11.8. The average Bonchev–Trinajstić information content (AvgIpc) is 2.47. The van der Waals surface area contributed by atoms with E-state index in [0.717, 1.165) is 17.9 Å². The molecule has 4 heteroatoms. The van der Waals surface area contributed by atoms with E-state index in [1.54, 1.807) is 14.2 Å². The second kappa shape index (κ2) is 7.31. The molecule has 0 spiro atoms. The van der Waals surface area contributed by atoms with Crippen LogP contribution in [0.2, 0.25) is 0 Å². The summed E-state index contributed by atoms with van der Waals surface area (Å²) in [7, 11) is 3.31. The number of halogens is 2. The van der Waals surface area contributed by atoms with Crippen LogP contribution in [0.1, 0.15) is 16.0 Å².